The van der Waals surface area contributed by atoms with Crippen LogP contribution in [0.15, 0.2) is 66.3 Å². The van der Waals surface area contributed by atoms with Gasteiger partial charge in [-0.1, -0.05) is 80.1 Å². The minimum Gasteiger partial charge on any atom is -0.120 e. The zero-order valence-electron chi connectivity index (χ0n) is 15.0. The SMILES string of the molecule is C#CCCc1cccc2c1-c1ccccc1C2C(C)(C)C1=CC=CC1. The molecule has 0 spiro atoms. The van der Waals surface area contributed by atoms with Gasteiger partial charge in [0.1, 0.15) is 0 Å². The first kappa shape index (κ1) is 16.0. The molecule has 2 aromatic carbocycles. The number of fused-ring (bicyclic) bond motifs is 3. The number of aryl methyl sites for hydroxylation is 1. The average molecular weight is 324 g/mol. The number of rotatable bonds is 4. The minimum absolute atomic E-state index is 0.0929. The molecule has 2 aliphatic rings. The van der Waals surface area contributed by atoms with Crippen LogP contribution in [0.2, 0.25) is 0 Å². The predicted octanol–water partition coefficient (Wildman–Crippen LogP) is 6.28. The molecule has 124 valence electrons. The largest absolute Gasteiger partial charge is 0.120 e. The molecule has 0 amide bonds. The maximum Gasteiger partial charge on any atom is 0.0190 e. The Morgan fingerprint density at radius 2 is 1.88 bits per heavy atom. The van der Waals surface area contributed by atoms with E-state index >= 15 is 0 Å². The second-order valence-corrected chi connectivity index (χ2v) is 7.65. The molecule has 0 radical (unpaired) electrons. The standard InChI is InChI=1S/C25H24/c1-4-5-11-18-12-10-17-22-23(18)20-15-8-9-16-21(20)24(22)25(2,3)19-13-6-7-14-19/h1,6-10,12-13,15-17,24H,5,11,14H2,2-3H3. The summed E-state index contributed by atoms with van der Waals surface area (Å²) in [6, 6.07) is 15.7. The molecule has 1 unspecified atom stereocenters. The molecule has 2 aromatic rings. The van der Waals surface area contributed by atoms with E-state index in [0.717, 1.165) is 19.3 Å². The Balaban J connectivity index is 1.90. The molecule has 0 heterocycles. The lowest BCUT2D eigenvalue weighted by Gasteiger charge is -2.35. The molecule has 1 atom stereocenters. The molecule has 0 N–H and O–H groups in total. The maximum atomic E-state index is 5.53. The molecule has 0 fully saturated rings. The van der Waals surface area contributed by atoms with E-state index in [9.17, 15) is 0 Å². The van der Waals surface area contributed by atoms with Crippen molar-refractivity contribution in [1.82, 2.24) is 0 Å². The fraction of sp³-hybridized carbons (Fsp3) is 0.280. The Kier molecular flexibility index (Phi) is 3.89. The lowest BCUT2D eigenvalue weighted by Crippen LogP contribution is -2.23. The number of allylic oxidation sites excluding steroid dienone is 4. The van der Waals surface area contributed by atoms with Gasteiger partial charge >= 0.3 is 0 Å². The molecule has 0 saturated heterocycles. The summed E-state index contributed by atoms with van der Waals surface area (Å²) >= 11 is 0. The van der Waals surface area contributed by atoms with Crippen LogP contribution in [-0.2, 0) is 6.42 Å². The summed E-state index contributed by atoms with van der Waals surface area (Å²) in [6.07, 6.45) is 15.1. The van der Waals surface area contributed by atoms with Crippen LogP contribution in [0.3, 0.4) is 0 Å². The molecule has 0 heteroatoms. The van der Waals surface area contributed by atoms with Crippen molar-refractivity contribution < 1.29 is 0 Å². The number of hydrogen-bond donors (Lipinski definition) is 0. The summed E-state index contributed by atoms with van der Waals surface area (Å²) < 4.78 is 0. The van der Waals surface area contributed by atoms with Gasteiger partial charge in [0, 0.05) is 12.3 Å². The third-order valence-corrected chi connectivity index (χ3v) is 5.89. The van der Waals surface area contributed by atoms with E-state index in [1.807, 2.05) is 0 Å². The Labute approximate surface area is 151 Å². The van der Waals surface area contributed by atoms with E-state index in [-0.39, 0.29) is 5.41 Å². The first-order chi connectivity index (χ1) is 12.1. The number of terminal acetylenes is 1. The fourth-order valence-corrected chi connectivity index (χ4v) is 4.64. The van der Waals surface area contributed by atoms with Gasteiger partial charge in [0.25, 0.3) is 0 Å². The van der Waals surface area contributed by atoms with Gasteiger partial charge in [-0.25, -0.2) is 0 Å². The average Bonchev–Trinajstić information content (AvgIpc) is 3.26. The third-order valence-electron chi connectivity index (χ3n) is 5.89. The smallest absolute Gasteiger partial charge is 0.0190 e. The van der Waals surface area contributed by atoms with E-state index in [1.54, 1.807) is 0 Å². The van der Waals surface area contributed by atoms with Crippen LogP contribution in [0, 0.1) is 17.8 Å². The molecule has 2 aliphatic carbocycles. The van der Waals surface area contributed by atoms with Gasteiger partial charge in [-0.15, -0.1) is 12.3 Å². The highest BCUT2D eigenvalue weighted by atomic mass is 14.4. The van der Waals surface area contributed by atoms with Crippen molar-refractivity contribution in [3.63, 3.8) is 0 Å². The molecular weight excluding hydrogens is 300 g/mol. The second kappa shape index (κ2) is 6.08. The predicted molar refractivity (Wildman–Crippen MR) is 106 cm³/mol. The van der Waals surface area contributed by atoms with Crippen molar-refractivity contribution in [1.29, 1.82) is 0 Å². The van der Waals surface area contributed by atoms with E-state index in [2.05, 4.69) is 80.5 Å². The summed E-state index contributed by atoms with van der Waals surface area (Å²) in [6.45, 7) is 4.80. The number of hydrogen-bond acceptors (Lipinski definition) is 0. The maximum absolute atomic E-state index is 5.53. The van der Waals surface area contributed by atoms with Crippen molar-refractivity contribution in [2.75, 3.05) is 0 Å². The highest BCUT2D eigenvalue weighted by molar-refractivity contribution is 5.82. The van der Waals surface area contributed by atoms with E-state index in [4.69, 9.17) is 6.42 Å². The third kappa shape index (κ3) is 2.47. The van der Waals surface area contributed by atoms with Crippen LogP contribution in [0.1, 0.15) is 49.3 Å². The molecule has 25 heavy (non-hydrogen) atoms. The van der Waals surface area contributed by atoms with E-state index in [1.165, 1.54) is 33.4 Å². The Morgan fingerprint density at radius 1 is 1.08 bits per heavy atom. The molecular formula is C25H24. The zero-order chi connectivity index (χ0) is 17.4. The summed E-state index contributed by atoms with van der Waals surface area (Å²) in [5, 5.41) is 0. The highest BCUT2D eigenvalue weighted by Gasteiger charge is 2.41. The van der Waals surface area contributed by atoms with Crippen LogP contribution in [-0.4, -0.2) is 0 Å². The number of benzene rings is 2. The zero-order valence-corrected chi connectivity index (χ0v) is 15.0. The molecule has 0 saturated carbocycles. The van der Waals surface area contributed by atoms with Gasteiger partial charge in [0.05, 0.1) is 0 Å². The monoisotopic (exact) mass is 324 g/mol. The van der Waals surface area contributed by atoms with Crippen LogP contribution in [0.4, 0.5) is 0 Å². The molecule has 4 rings (SSSR count). The van der Waals surface area contributed by atoms with Crippen LogP contribution in [0.25, 0.3) is 11.1 Å². The van der Waals surface area contributed by atoms with Crippen molar-refractivity contribution in [2.45, 2.75) is 39.0 Å². The lowest BCUT2D eigenvalue weighted by molar-refractivity contribution is 0.388. The van der Waals surface area contributed by atoms with Gasteiger partial charge in [-0.3, -0.25) is 0 Å². The lowest BCUT2D eigenvalue weighted by atomic mass is 9.68. The molecule has 0 nitrogen and oxygen atoms in total. The first-order valence-corrected chi connectivity index (χ1v) is 9.15. The Hall–Kier alpha value is -2.52. The quantitative estimate of drug-likeness (QED) is 0.581. The van der Waals surface area contributed by atoms with Crippen LogP contribution >= 0.6 is 0 Å². The van der Waals surface area contributed by atoms with Gasteiger partial charge < -0.3 is 0 Å². The molecule has 0 bridgehead atoms. The van der Waals surface area contributed by atoms with Gasteiger partial charge in [0.2, 0.25) is 0 Å². The second-order valence-electron chi connectivity index (χ2n) is 7.65. The van der Waals surface area contributed by atoms with Crippen LogP contribution in [0.5, 0.6) is 0 Å². The van der Waals surface area contributed by atoms with E-state index < -0.39 is 0 Å². The van der Waals surface area contributed by atoms with Gasteiger partial charge in [-0.2, -0.15) is 0 Å². The summed E-state index contributed by atoms with van der Waals surface area (Å²) in [5.74, 6) is 3.20. The van der Waals surface area contributed by atoms with Gasteiger partial charge in [0.15, 0.2) is 0 Å². The highest BCUT2D eigenvalue weighted by Crippen LogP contribution is 2.56. The Bertz CT molecular complexity index is 915. The molecule has 0 aliphatic heterocycles. The van der Waals surface area contributed by atoms with Crippen molar-refractivity contribution in [3.05, 3.63) is 83.0 Å². The summed E-state index contributed by atoms with van der Waals surface area (Å²) in [4.78, 5) is 0. The van der Waals surface area contributed by atoms with Crippen molar-refractivity contribution in [3.8, 4) is 23.5 Å². The summed E-state index contributed by atoms with van der Waals surface area (Å²) in [5.41, 5.74) is 8.76. The van der Waals surface area contributed by atoms with Crippen molar-refractivity contribution in [2.24, 2.45) is 5.41 Å². The van der Waals surface area contributed by atoms with Crippen molar-refractivity contribution >= 4 is 0 Å². The minimum atomic E-state index is 0.0929. The normalized spacial score (nSPS) is 17.8. The fourth-order valence-electron chi connectivity index (χ4n) is 4.64. The van der Waals surface area contributed by atoms with E-state index in [0.29, 0.717) is 5.92 Å². The topological polar surface area (TPSA) is 0 Å². The summed E-state index contributed by atoms with van der Waals surface area (Å²) in [7, 11) is 0. The van der Waals surface area contributed by atoms with Gasteiger partial charge in [-0.05, 0) is 46.1 Å². The van der Waals surface area contributed by atoms with Crippen LogP contribution < -0.4 is 0 Å². The Morgan fingerprint density at radius 3 is 2.64 bits per heavy atom. The molecule has 0 aromatic heterocycles. The first-order valence-electron chi connectivity index (χ1n) is 9.15.